The molecule has 3 amide bonds. The Bertz CT molecular complexity index is 1340. The van der Waals surface area contributed by atoms with Crippen LogP contribution in [0.25, 0.3) is 11.5 Å². The molecule has 0 saturated carbocycles. The summed E-state index contributed by atoms with van der Waals surface area (Å²) in [5.74, 6) is 0.375. The van der Waals surface area contributed by atoms with E-state index in [9.17, 15) is 14.4 Å². The average molecular weight is 550 g/mol. The van der Waals surface area contributed by atoms with Crippen molar-refractivity contribution in [1.29, 1.82) is 0 Å². The SMILES string of the molecule is CC(C)[C@H](N)C(=O)OC[C@@H](C)n1cnnc1-c1cccc(NC(=O)Nc2cc(C(=O)N3CCCCC3)ccn2)n1. The molecule has 0 bridgehead atoms. The lowest BCUT2D eigenvalue weighted by Crippen LogP contribution is -2.37. The number of urea groups is 1. The van der Waals surface area contributed by atoms with Gasteiger partial charge in [-0.3, -0.25) is 20.2 Å². The van der Waals surface area contributed by atoms with E-state index in [1.54, 1.807) is 34.9 Å². The highest BCUT2D eigenvalue weighted by Gasteiger charge is 2.22. The summed E-state index contributed by atoms with van der Waals surface area (Å²) in [7, 11) is 0. The Morgan fingerprint density at radius 2 is 1.80 bits per heavy atom. The Balaban J connectivity index is 1.39. The highest BCUT2D eigenvalue weighted by molar-refractivity contribution is 6.00. The number of nitrogens with zero attached hydrogens (tertiary/aromatic N) is 6. The first kappa shape index (κ1) is 28.6. The van der Waals surface area contributed by atoms with Crippen molar-refractivity contribution in [3.63, 3.8) is 0 Å². The van der Waals surface area contributed by atoms with Gasteiger partial charge in [0.1, 0.15) is 36.3 Å². The van der Waals surface area contributed by atoms with E-state index < -0.39 is 18.0 Å². The van der Waals surface area contributed by atoms with Gasteiger partial charge in [0.25, 0.3) is 5.91 Å². The molecule has 4 rings (SSSR count). The van der Waals surface area contributed by atoms with Crippen LogP contribution in [-0.4, -0.2) is 73.3 Å². The Hall–Kier alpha value is -4.39. The number of piperidine rings is 1. The van der Waals surface area contributed by atoms with Gasteiger partial charge in [0.2, 0.25) is 0 Å². The predicted octanol–water partition coefficient (Wildman–Crippen LogP) is 3.09. The molecule has 13 nitrogen and oxygen atoms in total. The zero-order chi connectivity index (χ0) is 28.6. The maximum atomic E-state index is 12.8. The van der Waals surface area contributed by atoms with E-state index in [4.69, 9.17) is 10.5 Å². The summed E-state index contributed by atoms with van der Waals surface area (Å²) >= 11 is 0. The molecule has 4 heterocycles. The third-order valence-corrected chi connectivity index (χ3v) is 6.62. The number of pyridine rings is 2. The van der Waals surface area contributed by atoms with Crippen LogP contribution in [0.5, 0.6) is 0 Å². The third kappa shape index (κ3) is 7.17. The molecule has 212 valence electrons. The van der Waals surface area contributed by atoms with Crippen LogP contribution in [0.3, 0.4) is 0 Å². The third-order valence-electron chi connectivity index (χ3n) is 6.62. The van der Waals surface area contributed by atoms with Crippen LogP contribution < -0.4 is 16.4 Å². The van der Waals surface area contributed by atoms with Crippen molar-refractivity contribution in [2.75, 3.05) is 30.3 Å². The first-order chi connectivity index (χ1) is 19.2. The van der Waals surface area contributed by atoms with Crippen LogP contribution in [0.4, 0.5) is 16.4 Å². The molecule has 3 aromatic rings. The number of ether oxygens (including phenoxy) is 1. The van der Waals surface area contributed by atoms with Gasteiger partial charge in [-0.2, -0.15) is 0 Å². The number of aromatic nitrogens is 5. The lowest BCUT2D eigenvalue weighted by atomic mass is 10.1. The molecule has 4 N–H and O–H groups in total. The van der Waals surface area contributed by atoms with E-state index >= 15 is 0 Å². The van der Waals surface area contributed by atoms with Gasteiger partial charge in [-0.15, -0.1) is 10.2 Å². The van der Waals surface area contributed by atoms with Gasteiger partial charge in [0, 0.05) is 24.8 Å². The minimum absolute atomic E-state index is 0.0355. The zero-order valence-electron chi connectivity index (χ0n) is 22.9. The molecule has 1 aliphatic heterocycles. The first-order valence-electron chi connectivity index (χ1n) is 13.4. The number of nitrogens with one attached hydrogen (secondary N) is 2. The minimum Gasteiger partial charge on any atom is -0.462 e. The highest BCUT2D eigenvalue weighted by Crippen LogP contribution is 2.21. The number of carbonyl (C=O) groups excluding carboxylic acids is 3. The summed E-state index contributed by atoms with van der Waals surface area (Å²) < 4.78 is 7.11. The second kappa shape index (κ2) is 13.1. The van der Waals surface area contributed by atoms with Crippen LogP contribution in [0.15, 0.2) is 42.9 Å². The molecule has 0 radical (unpaired) electrons. The molecule has 40 heavy (non-hydrogen) atoms. The van der Waals surface area contributed by atoms with Crippen LogP contribution in [0, 0.1) is 5.92 Å². The Kier molecular flexibility index (Phi) is 9.38. The maximum absolute atomic E-state index is 12.8. The number of nitrogens with two attached hydrogens (primary N) is 1. The lowest BCUT2D eigenvalue weighted by molar-refractivity contribution is -0.147. The molecule has 1 fully saturated rings. The summed E-state index contributed by atoms with van der Waals surface area (Å²) in [6.45, 7) is 7.11. The van der Waals surface area contributed by atoms with Crippen molar-refractivity contribution in [2.45, 2.75) is 52.1 Å². The molecule has 1 saturated heterocycles. The quantitative estimate of drug-likeness (QED) is 0.339. The normalized spacial score (nSPS) is 14.9. The number of likely N-dealkylation sites (tertiary alicyclic amines) is 1. The number of rotatable bonds is 9. The zero-order valence-corrected chi connectivity index (χ0v) is 22.9. The van der Waals surface area contributed by atoms with Gasteiger partial charge in [0.05, 0.1) is 6.04 Å². The highest BCUT2D eigenvalue weighted by atomic mass is 16.5. The molecular formula is C27H35N9O4. The van der Waals surface area contributed by atoms with Gasteiger partial charge in [-0.25, -0.2) is 14.8 Å². The number of amides is 3. The number of esters is 1. The van der Waals surface area contributed by atoms with Crippen LogP contribution in [0.1, 0.15) is 56.4 Å². The van der Waals surface area contributed by atoms with Crippen molar-refractivity contribution in [2.24, 2.45) is 11.7 Å². The number of anilines is 2. The Morgan fingerprint density at radius 1 is 1.05 bits per heavy atom. The topological polar surface area (TPSA) is 170 Å². The van der Waals surface area contributed by atoms with E-state index in [2.05, 4.69) is 30.8 Å². The summed E-state index contributed by atoms with van der Waals surface area (Å²) in [6, 6.07) is 6.73. The molecule has 13 heteroatoms. The average Bonchev–Trinajstić information content (AvgIpc) is 3.46. The van der Waals surface area contributed by atoms with E-state index in [-0.39, 0.29) is 36.1 Å². The van der Waals surface area contributed by atoms with Crippen molar-refractivity contribution >= 4 is 29.5 Å². The minimum atomic E-state index is -0.698. The molecule has 0 aromatic carbocycles. The van der Waals surface area contributed by atoms with Crippen molar-refractivity contribution < 1.29 is 19.1 Å². The Morgan fingerprint density at radius 3 is 2.55 bits per heavy atom. The fourth-order valence-electron chi connectivity index (χ4n) is 4.20. The van der Waals surface area contributed by atoms with E-state index in [1.807, 2.05) is 25.7 Å². The smallest absolute Gasteiger partial charge is 0.326 e. The van der Waals surface area contributed by atoms with E-state index in [0.29, 0.717) is 17.1 Å². The van der Waals surface area contributed by atoms with Gasteiger partial charge < -0.3 is 19.9 Å². The van der Waals surface area contributed by atoms with E-state index in [1.165, 1.54) is 12.5 Å². The van der Waals surface area contributed by atoms with Gasteiger partial charge >= 0.3 is 12.0 Å². The standard InChI is InChI=1S/C27H35N9O4/c1-17(2)23(28)26(38)40-15-18(3)36-16-30-34-24(36)20-8-7-9-21(31-20)32-27(39)33-22-14-19(10-11-29-22)25(37)35-12-5-4-6-13-35/h7-11,14,16-18,23H,4-6,12-13,15,28H2,1-3H3,(H2,29,31,32,33,39)/t18-,23+/m1/s1. The molecule has 0 spiro atoms. The first-order valence-corrected chi connectivity index (χ1v) is 13.4. The Labute approximate surface area is 232 Å². The fraction of sp³-hybridized carbons (Fsp3) is 0.444. The monoisotopic (exact) mass is 549 g/mol. The number of hydrogen-bond acceptors (Lipinski definition) is 9. The maximum Gasteiger partial charge on any atom is 0.326 e. The fourth-order valence-corrected chi connectivity index (χ4v) is 4.20. The summed E-state index contributed by atoms with van der Waals surface area (Å²) in [4.78, 5) is 48.1. The van der Waals surface area contributed by atoms with Gasteiger partial charge in [-0.05, 0) is 56.4 Å². The van der Waals surface area contributed by atoms with Gasteiger partial charge in [-0.1, -0.05) is 19.9 Å². The number of carbonyl (C=O) groups is 3. The summed E-state index contributed by atoms with van der Waals surface area (Å²) in [5.41, 5.74) is 6.79. The van der Waals surface area contributed by atoms with Gasteiger partial charge in [0.15, 0.2) is 5.82 Å². The van der Waals surface area contributed by atoms with Crippen LogP contribution >= 0.6 is 0 Å². The van der Waals surface area contributed by atoms with Crippen LogP contribution in [0.2, 0.25) is 0 Å². The molecular weight excluding hydrogens is 514 g/mol. The summed E-state index contributed by atoms with van der Waals surface area (Å²) in [5, 5.41) is 13.5. The molecule has 1 aliphatic rings. The second-order valence-electron chi connectivity index (χ2n) is 10.1. The van der Waals surface area contributed by atoms with Crippen molar-refractivity contribution in [3.05, 3.63) is 48.4 Å². The molecule has 0 unspecified atom stereocenters. The van der Waals surface area contributed by atoms with E-state index in [0.717, 1.165) is 32.4 Å². The number of hydrogen-bond donors (Lipinski definition) is 3. The molecule has 2 atom stereocenters. The van der Waals surface area contributed by atoms with Crippen molar-refractivity contribution in [3.8, 4) is 11.5 Å². The van der Waals surface area contributed by atoms with Crippen LogP contribution in [-0.2, 0) is 9.53 Å². The summed E-state index contributed by atoms with van der Waals surface area (Å²) in [6.07, 6.45) is 6.13. The molecule has 0 aliphatic carbocycles. The largest absolute Gasteiger partial charge is 0.462 e. The van der Waals surface area contributed by atoms with Crippen molar-refractivity contribution in [1.82, 2.24) is 29.6 Å². The molecule has 3 aromatic heterocycles. The predicted molar refractivity (Wildman–Crippen MR) is 148 cm³/mol. The second-order valence-corrected chi connectivity index (χ2v) is 10.1. The lowest BCUT2D eigenvalue weighted by Gasteiger charge is -2.26.